The van der Waals surface area contributed by atoms with Crippen molar-refractivity contribution < 1.29 is 4.79 Å². The van der Waals surface area contributed by atoms with Crippen molar-refractivity contribution in [1.82, 2.24) is 25.1 Å². The maximum Gasteiger partial charge on any atom is 0.255 e. The van der Waals surface area contributed by atoms with E-state index in [1.165, 1.54) is 0 Å². The first-order valence-electron chi connectivity index (χ1n) is 8.46. The molecule has 3 aromatic rings. The van der Waals surface area contributed by atoms with E-state index in [1.54, 1.807) is 30.9 Å². The summed E-state index contributed by atoms with van der Waals surface area (Å²) in [5.74, 6) is 0.439. The second kappa shape index (κ2) is 6.84. The molecule has 3 aromatic heterocycles. The fourth-order valence-corrected chi connectivity index (χ4v) is 3.41. The van der Waals surface area contributed by atoms with Crippen LogP contribution >= 0.6 is 0 Å². The van der Waals surface area contributed by atoms with Crippen LogP contribution in [0.4, 0.5) is 0 Å². The predicted octanol–water partition coefficient (Wildman–Crippen LogP) is 2.89. The van der Waals surface area contributed by atoms with E-state index in [0.29, 0.717) is 11.5 Å². The van der Waals surface area contributed by atoms with Crippen LogP contribution in [-0.4, -0.2) is 44.1 Å². The number of rotatable bonds is 3. The summed E-state index contributed by atoms with van der Waals surface area (Å²) >= 11 is 0. The number of aromatic amines is 1. The molecule has 1 N–H and O–H groups in total. The normalized spacial score (nSPS) is 15.3. The summed E-state index contributed by atoms with van der Waals surface area (Å²) < 4.78 is 0. The van der Waals surface area contributed by atoms with Crippen LogP contribution in [0.2, 0.25) is 0 Å². The second-order valence-corrected chi connectivity index (χ2v) is 6.24. The zero-order valence-electron chi connectivity index (χ0n) is 13.8. The van der Waals surface area contributed by atoms with Crippen molar-refractivity contribution in [2.45, 2.75) is 18.8 Å². The molecule has 25 heavy (non-hydrogen) atoms. The van der Waals surface area contributed by atoms with Crippen LogP contribution < -0.4 is 0 Å². The summed E-state index contributed by atoms with van der Waals surface area (Å²) in [6.45, 7) is 1.49. The molecule has 1 saturated heterocycles. The van der Waals surface area contributed by atoms with Crippen LogP contribution in [0.25, 0.3) is 11.1 Å². The lowest BCUT2D eigenvalue weighted by Crippen LogP contribution is -2.38. The average molecular weight is 333 g/mol. The zero-order chi connectivity index (χ0) is 17.1. The number of H-pyrrole nitrogens is 1. The van der Waals surface area contributed by atoms with Crippen molar-refractivity contribution in [3.8, 4) is 11.1 Å². The molecule has 0 bridgehead atoms. The maximum absolute atomic E-state index is 12.5. The highest BCUT2D eigenvalue weighted by atomic mass is 16.2. The summed E-state index contributed by atoms with van der Waals surface area (Å²) in [4.78, 5) is 22.6. The van der Waals surface area contributed by atoms with Gasteiger partial charge >= 0.3 is 0 Å². The summed E-state index contributed by atoms with van der Waals surface area (Å²) in [6, 6.07) is 7.61. The van der Waals surface area contributed by atoms with E-state index in [1.807, 2.05) is 29.3 Å². The highest BCUT2D eigenvalue weighted by Crippen LogP contribution is 2.33. The number of piperidine rings is 1. The lowest BCUT2D eigenvalue weighted by Gasteiger charge is -2.32. The number of carbonyl (C=O) groups is 1. The fraction of sp³-hybridized carbons (Fsp3) is 0.263. The Balaban J connectivity index is 1.47. The smallest absolute Gasteiger partial charge is 0.255 e. The van der Waals surface area contributed by atoms with E-state index in [-0.39, 0.29) is 5.91 Å². The van der Waals surface area contributed by atoms with Gasteiger partial charge in [-0.3, -0.25) is 19.9 Å². The largest absolute Gasteiger partial charge is 0.339 e. The number of nitrogens with one attached hydrogen (secondary N) is 1. The molecule has 0 unspecified atom stereocenters. The average Bonchev–Trinajstić information content (AvgIpc) is 3.19. The van der Waals surface area contributed by atoms with Crippen molar-refractivity contribution in [3.63, 3.8) is 0 Å². The molecule has 1 amide bonds. The quantitative estimate of drug-likeness (QED) is 0.800. The van der Waals surface area contributed by atoms with Gasteiger partial charge in [-0.2, -0.15) is 5.10 Å². The number of aromatic nitrogens is 4. The Kier molecular flexibility index (Phi) is 4.24. The number of amides is 1. The fourth-order valence-electron chi connectivity index (χ4n) is 3.41. The van der Waals surface area contributed by atoms with Crippen molar-refractivity contribution >= 4 is 5.91 Å². The number of hydrogen-bond acceptors (Lipinski definition) is 4. The summed E-state index contributed by atoms with van der Waals surface area (Å²) in [5.41, 5.74) is 4.05. The van der Waals surface area contributed by atoms with Gasteiger partial charge in [0.25, 0.3) is 5.91 Å². The first kappa shape index (κ1) is 15.5. The zero-order valence-corrected chi connectivity index (χ0v) is 13.8. The molecule has 6 nitrogen and oxygen atoms in total. The van der Waals surface area contributed by atoms with Gasteiger partial charge in [0.05, 0.1) is 11.8 Å². The standard InChI is InChI=1S/C19H19N5O/c25-19(16-2-1-7-21-12-16)24-10-5-15(6-11-24)18-17(13-22-23-18)14-3-8-20-9-4-14/h1-4,7-9,12-13,15H,5-6,10-11H2,(H,22,23). The topological polar surface area (TPSA) is 74.8 Å². The van der Waals surface area contributed by atoms with Gasteiger partial charge in [0.15, 0.2) is 0 Å². The van der Waals surface area contributed by atoms with Crippen LogP contribution in [0, 0.1) is 0 Å². The van der Waals surface area contributed by atoms with Gasteiger partial charge in [0, 0.05) is 55.1 Å². The third-order valence-electron chi connectivity index (χ3n) is 4.76. The Morgan fingerprint density at radius 3 is 2.56 bits per heavy atom. The van der Waals surface area contributed by atoms with Gasteiger partial charge < -0.3 is 4.90 Å². The van der Waals surface area contributed by atoms with E-state index in [4.69, 9.17) is 0 Å². The molecule has 1 aliphatic heterocycles. The SMILES string of the molecule is O=C(c1cccnc1)N1CCC(c2[nH]ncc2-c2ccncc2)CC1. The molecule has 1 fully saturated rings. The molecule has 0 spiro atoms. The number of likely N-dealkylation sites (tertiary alicyclic amines) is 1. The third-order valence-corrected chi connectivity index (χ3v) is 4.76. The predicted molar refractivity (Wildman–Crippen MR) is 93.9 cm³/mol. The Hall–Kier alpha value is -3.02. The van der Waals surface area contributed by atoms with E-state index in [2.05, 4.69) is 20.2 Å². The van der Waals surface area contributed by atoms with Crippen LogP contribution in [0.3, 0.4) is 0 Å². The number of pyridine rings is 2. The lowest BCUT2D eigenvalue weighted by molar-refractivity contribution is 0.0712. The molecule has 0 aromatic carbocycles. The van der Waals surface area contributed by atoms with Gasteiger partial charge in [-0.25, -0.2) is 0 Å². The Morgan fingerprint density at radius 1 is 1.04 bits per heavy atom. The lowest BCUT2D eigenvalue weighted by atomic mass is 9.89. The van der Waals surface area contributed by atoms with Gasteiger partial charge in [0.2, 0.25) is 0 Å². The van der Waals surface area contributed by atoms with E-state index < -0.39 is 0 Å². The number of carbonyl (C=O) groups excluding carboxylic acids is 1. The van der Waals surface area contributed by atoms with Crippen LogP contribution in [0.1, 0.15) is 34.8 Å². The van der Waals surface area contributed by atoms with E-state index in [0.717, 1.165) is 42.8 Å². The Labute approximate surface area is 145 Å². The summed E-state index contributed by atoms with van der Waals surface area (Å²) in [5, 5.41) is 7.41. The molecular formula is C19H19N5O. The minimum absolute atomic E-state index is 0.0607. The van der Waals surface area contributed by atoms with Crippen LogP contribution in [0.5, 0.6) is 0 Å². The number of nitrogens with zero attached hydrogens (tertiary/aromatic N) is 4. The van der Waals surface area contributed by atoms with Crippen molar-refractivity contribution in [1.29, 1.82) is 0 Å². The molecule has 0 atom stereocenters. The molecule has 4 heterocycles. The van der Waals surface area contributed by atoms with Gasteiger partial charge in [-0.15, -0.1) is 0 Å². The monoisotopic (exact) mass is 333 g/mol. The molecular weight excluding hydrogens is 314 g/mol. The number of hydrogen-bond donors (Lipinski definition) is 1. The van der Waals surface area contributed by atoms with Crippen LogP contribution in [-0.2, 0) is 0 Å². The Bertz CT molecular complexity index is 839. The highest BCUT2D eigenvalue weighted by Gasteiger charge is 2.27. The van der Waals surface area contributed by atoms with E-state index in [9.17, 15) is 4.79 Å². The summed E-state index contributed by atoms with van der Waals surface area (Å²) in [7, 11) is 0. The van der Waals surface area contributed by atoms with Crippen molar-refractivity contribution in [2.75, 3.05) is 13.1 Å². The third kappa shape index (κ3) is 3.15. The molecule has 1 aliphatic rings. The molecule has 6 heteroatoms. The van der Waals surface area contributed by atoms with Crippen LogP contribution in [0.15, 0.2) is 55.2 Å². The first-order chi connectivity index (χ1) is 12.3. The second-order valence-electron chi connectivity index (χ2n) is 6.24. The maximum atomic E-state index is 12.5. The highest BCUT2D eigenvalue weighted by molar-refractivity contribution is 5.93. The first-order valence-corrected chi connectivity index (χ1v) is 8.46. The molecule has 4 rings (SSSR count). The molecule has 0 radical (unpaired) electrons. The van der Waals surface area contributed by atoms with E-state index >= 15 is 0 Å². The summed E-state index contributed by atoms with van der Waals surface area (Å²) in [6.07, 6.45) is 10.6. The minimum atomic E-state index is 0.0607. The molecule has 0 saturated carbocycles. The van der Waals surface area contributed by atoms with Gasteiger partial charge in [-0.1, -0.05) is 0 Å². The molecule has 126 valence electrons. The van der Waals surface area contributed by atoms with Gasteiger partial charge in [-0.05, 0) is 42.7 Å². The minimum Gasteiger partial charge on any atom is -0.339 e. The molecule has 0 aliphatic carbocycles. The van der Waals surface area contributed by atoms with Gasteiger partial charge in [0.1, 0.15) is 0 Å². The van der Waals surface area contributed by atoms with Crippen molar-refractivity contribution in [2.24, 2.45) is 0 Å². The Morgan fingerprint density at radius 2 is 1.84 bits per heavy atom. The van der Waals surface area contributed by atoms with Crippen molar-refractivity contribution in [3.05, 3.63) is 66.5 Å².